The fourth-order valence-corrected chi connectivity index (χ4v) is 12.5. The average molecular weight is 799 g/mol. The van der Waals surface area contributed by atoms with Crippen LogP contribution in [0.3, 0.4) is 0 Å². The van der Waals surface area contributed by atoms with Gasteiger partial charge in [-0.1, -0.05) is 129 Å². The van der Waals surface area contributed by atoms with Gasteiger partial charge in [-0.3, -0.25) is 0 Å². The lowest BCUT2D eigenvalue weighted by atomic mass is 9.43. The maximum Gasteiger partial charge on any atom is 0.333 e. The number of hydrogen-bond donors (Lipinski definition) is 0. The highest BCUT2D eigenvalue weighted by Crippen LogP contribution is 2.50. The van der Waals surface area contributed by atoms with Gasteiger partial charge in [0.1, 0.15) is 0 Å². The lowest BCUT2D eigenvalue weighted by Crippen LogP contribution is -2.60. The zero-order valence-corrected chi connectivity index (χ0v) is 37.0. The van der Waals surface area contributed by atoms with Gasteiger partial charge in [0.15, 0.2) is 0 Å². The molecule has 0 spiro atoms. The first-order valence-electron chi connectivity index (χ1n) is 21.1. The van der Waals surface area contributed by atoms with Crippen molar-refractivity contribution in [3.8, 4) is 16.8 Å². The van der Waals surface area contributed by atoms with Crippen molar-refractivity contribution in [3.05, 3.63) is 138 Å². The first-order chi connectivity index (χ1) is 28.1. The SMILES string of the molecule is CC(C)(C)c1ccc(N2B3c4cc(C(C)(C)C)ccc4-n4c5cc6sc7ccccc7c6cc5c5ccc(c3c54)-c3cc4sc5cc(C(C)(C)C)ccc5c4cc32)cc1. The molecule has 288 valence electrons. The molecule has 2 aliphatic rings. The molecule has 5 heterocycles. The van der Waals surface area contributed by atoms with Gasteiger partial charge in [-0.2, -0.15) is 0 Å². The molecule has 0 amide bonds. The van der Waals surface area contributed by atoms with E-state index in [9.17, 15) is 0 Å². The quantitative estimate of drug-likeness (QED) is 0.150. The van der Waals surface area contributed by atoms with E-state index in [1.807, 2.05) is 22.7 Å². The number of fused-ring (bicyclic) bond motifs is 14. The van der Waals surface area contributed by atoms with Crippen LogP contribution < -0.4 is 15.7 Å². The van der Waals surface area contributed by atoms with Gasteiger partial charge in [0, 0.05) is 73.7 Å². The third kappa shape index (κ3) is 4.98. The molecule has 0 aliphatic carbocycles. The Kier molecular flexibility index (Phi) is 7.04. The number of thiophene rings is 2. The maximum absolute atomic E-state index is 2.70. The monoisotopic (exact) mass is 798 g/mol. The van der Waals surface area contributed by atoms with E-state index < -0.39 is 0 Å². The summed E-state index contributed by atoms with van der Waals surface area (Å²) in [5.41, 5.74) is 16.1. The van der Waals surface area contributed by atoms with Crippen molar-refractivity contribution in [1.29, 1.82) is 0 Å². The molecule has 7 aromatic carbocycles. The average Bonchev–Trinajstić information content (AvgIpc) is 3.86. The van der Waals surface area contributed by atoms with E-state index in [1.165, 1.54) is 118 Å². The molecule has 2 nitrogen and oxygen atoms in total. The molecule has 0 radical (unpaired) electrons. The molecule has 12 rings (SSSR count). The largest absolute Gasteiger partial charge is 0.376 e. The molecule has 0 fully saturated rings. The van der Waals surface area contributed by atoms with Crippen LogP contribution in [0.2, 0.25) is 0 Å². The van der Waals surface area contributed by atoms with Crippen LogP contribution in [0.25, 0.3) is 79.0 Å². The molecular formula is C54H47BN2S2. The number of anilines is 2. The highest BCUT2D eigenvalue weighted by molar-refractivity contribution is 7.26. The van der Waals surface area contributed by atoms with E-state index in [-0.39, 0.29) is 23.1 Å². The number of rotatable bonds is 1. The lowest BCUT2D eigenvalue weighted by molar-refractivity contribution is 0.590. The second kappa shape index (κ2) is 11.7. The van der Waals surface area contributed by atoms with Crippen molar-refractivity contribution in [2.75, 3.05) is 4.81 Å². The fourth-order valence-electron chi connectivity index (χ4n) is 10.2. The molecule has 0 N–H and O–H groups in total. The smallest absolute Gasteiger partial charge is 0.333 e. The Hall–Kier alpha value is -5.36. The van der Waals surface area contributed by atoms with Crippen molar-refractivity contribution in [3.63, 3.8) is 0 Å². The predicted octanol–water partition coefficient (Wildman–Crippen LogP) is 14.6. The van der Waals surface area contributed by atoms with Crippen molar-refractivity contribution in [2.24, 2.45) is 0 Å². The summed E-state index contributed by atoms with van der Waals surface area (Å²) in [7, 11) is 0. The van der Waals surface area contributed by atoms with Crippen LogP contribution >= 0.6 is 22.7 Å². The van der Waals surface area contributed by atoms with Gasteiger partial charge in [0.05, 0.1) is 11.0 Å². The third-order valence-corrected chi connectivity index (χ3v) is 15.7. The molecule has 0 saturated carbocycles. The summed E-state index contributed by atoms with van der Waals surface area (Å²) in [6.07, 6.45) is 0. The Bertz CT molecular complexity index is 3450. The molecule has 59 heavy (non-hydrogen) atoms. The molecule has 2 aliphatic heterocycles. The van der Waals surface area contributed by atoms with E-state index in [2.05, 4.69) is 193 Å². The number of hydrogen-bond acceptors (Lipinski definition) is 3. The summed E-state index contributed by atoms with van der Waals surface area (Å²) >= 11 is 3.85. The van der Waals surface area contributed by atoms with Gasteiger partial charge in [-0.25, -0.2) is 0 Å². The van der Waals surface area contributed by atoms with E-state index in [1.54, 1.807) is 0 Å². The predicted molar refractivity (Wildman–Crippen MR) is 262 cm³/mol. The standard InChI is InChI=1S/C54H47BN2S2/c1-52(2,3)30-14-18-33(19-15-30)57-45-27-41-35-20-16-32(54(7,8)9)25-47(35)59-48(41)28-39(45)36-21-22-37-38-26-40-34-12-10-11-13-46(34)58-49(40)29-44(38)56-43-23-17-31(53(4,5)6)24-42(43)55(57)50(36)51(37)56/h10-29H,1-9H3. The third-order valence-electron chi connectivity index (χ3n) is 13.4. The van der Waals surface area contributed by atoms with E-state index in [4.69, 9.17) is 0 Å². The first-order valence-corrected chi connectivity index (χ1v) is 22.7. The van der Waals surface area contributed by atoms with Gasteiger partial charge in [-0.05, 0) is 104 Å². The summed E-state index contributed by atoms with van der Waals surface area (Å²) in [5.74, 6) is 0. The van der Waals surface area contributed by atoms with Crippen LogP contribution in [0.5, 0.6) is 0 Å². The van der Waals surface area contributed by atoms with E-state index >= 15 is 0 Å². The van der Waals surface area contributed by atoms with Gasteiger partial charge in [0.2, 0.25) is 0 Å². The fraction of sp³-hybridized carbons (Fsp3) is 0.222. The van der Waals surface area contributed by atoms with Gasteiger partial charge in [-0.15, -0.1) is 22.7 Å². The second-order valence-electron chi connectivity index (χ2n) is 20.2. The highest BCUT2D eigenvalue weighted by atomic mass is 32.1. The Labute approximate surface area is 354 Å². The Morgan fingerprint density at radius 2 is 1.05 bits per heavy atom. The highest BCUT2D eigenvalue weighted by Gasteiger charge is 2.44. The number of benzene rings is 7. The number of aromatic nitrogens is 1. The topological polar surface area (TPSA) is 8.17 Å². The molecular weight excluding hydrogens is 752 g/mol. The van der Waals surface area contributed by atoms with Gasteiger partial charge < -0.3 is 9.38 Å². The van der Waals surface area contributed by atoms with Crippen LogP contribution in [-0.4, -0.2) is 11.4 Å². The van der Waals surface area contributed by atoms with Crippen molar-refractivity contribution >= 4 is 114 Å². The maximum atomic E-state index is 2.70. The van der Waals surface area contributed by atoms with Gasteiger partial charge >= 0.3 is 6.85 Å². The Balaban J connectivity index is 1.23. The molecule has 3 aromatic heterocycles. The molecule has 0 atom stereocenters. The molecule has 0 bridgehead atoms. The minimum atomic E-state index is -0.0208. The molecule has 10 aromatic rings. The minimum absolute atomic E-state index is 0.00837. The summed E-state index contributed by atoms with van der Waals surface area (Å²) in [6.45, 7) is 20.9. The van der Waals surface area contributed by atoms with Gasteiger partial charge in [0.25, 0.3) is 0 Å². The van der Waals surface area contributed by atoms with Crippen LogP contribution in [0.4, 0.5) is 11.4 Å². The zero-order valence-electron chi connectivity index (χ0n) is 35.3. The van der Waals surface area contributed by atoms with Crippen LogP contribution in [0.15, 0.2) is 121 Å². The first kappa shape index (κ1) is 35.6. The van der Waals surface area contributed by atoms with Crippen molar-refractivity contribution in [1.82, 2.24) is 4.57 Å². The summed E-state index contributed by atoms with van der Waals surface area (Å²) < 4.78 is 8.02. The summed E-state index contributed by atoms with van der Waals surface area (Å²) in [4.78, 5) is 2.70. The summed E-state index contributed by atoms with van der Waals surface area (Å²) in [5, 5.41) is 8.03. The van der Waals surface area contributed by atoms with E-state index in [0.29, 0.717) is 0 Å². The summed E-state index contributed by atoms with van der Waals surface area (Å²) in [6, 6.07) is 47.8. The molecule has 0 unspecified atom stereocenters. The zero-order chi connectivity index (χ0) is 40.5. The van der Waals surface area contributed by atoms with Crippen LogP contribution in [-0.2, 0) is 16.2 Å². The van der Waals surface area contributed by atoms with Crippen molar-refractivity contribution in [2.45, 2.75) is 78.6 Å². The number of nitrogens with zero attached hydrogens (tertiary/aromatic N) is 2. The van der Waals surface area contributed by atoms with Crippen LogP contribution in [0, 0.1) is 0 Å². The Morgan fingerprint density at radius 3 is 1.81 bits per heavy atom. The Morgan fingerprint density at radius 1 is 0.441 bits per heavy atom. The molecule has 0 saturated heterocycles. The lowest BCUT2D eigenvalue weighted by Gasteiger charge is -2.42. The van der Waals surface area contributed by atoms with E-state index in [0.717, 1.165) is 0 Å². The molecule has 5 heteroatoms. The minimum Gasteiger partial charge on any atom is -0.376 e. The second-order valence-corrected chi connectivity index (χ2v) is 22.4. The van der Waals surface area contributed by atoms with Crippen molar-refractivity contribution < 1.29 is 0 Å². The normalized spacial score (nSPS) is 14.1. The van der Waals surface area contributed by atoms with Crippen LogP contribution in [0.1, 0.15) is 79.0 Å².